The molecule has 0 aromatic carbocycles. The Morgan fingerprint density at radius 2 is 1.96 bits per heavy atom. The number of rotatable bonds is 5. The molecule has 3 atom stereocenters. The molecule has 23 heavy (non-hydrogen) atoms. The molecule has 0 saturated heterocycles. The van der Waals surface area contributed by atoms with Crippen molar-refractivity contribution in [2.75, 3.05) is 13.1 Å². The number of fused-ring (bicyclic) bond motifs is 2. The normalized spacial score (nSPS) is 31.5. The molecule has 3 unspecified atom stereocenters. The van der Waals surface area contributed by atoms with Gasteiger partial charge in [-0.2, -0.15) is 0 Å². The van der Waals surface area contributed by atoms with Crippen molar-refractivity contribution in [3.63, 3.8) is 0 Å². The molecular weight excluding hydrogens is 288 g/mol. The van der Waals surface area contributed by atoms with Gasteiger partial charge in [0.25, 0.3) is 0 Å². The van der Waals surface area contributed by atoms with E-state index in [9.17, 15) is 4.79 Å². The van der Waals surface area contributed by atoms with E-state index in [1.54, 1.807) is 0 Å². The number of hydrogen-bond donors (Lipinski definition) is 2. The Morgan fingerprint density at radius 3 is 2.52 bits per heavy atom. The van der Waals surface area contributed by atoms with Gasteiger partial charge in [-0.1, -0.05) is 25.0 Å². The molecule has 0 aromatic heterocycles. The van der Waals surface area contributed by atoms with Crippen molar-refractivity contribution in [1.82, 2.24) is 10.6 Å². The van der Waals surface area contributed by atoms with Gasteiger partial charge >= 0.3 is 6.09 Å². The lowest BCUT2D eigenvalue weighted by molar-refractivity contribution is 0.0509. The smallest absolute Gasteiger partial charge is 0.407 e. The molecule has 0 heterocycles. The minimum absolute atomic E-state index is 0.0719. The van der Waals surface area contributed by atoms with Crippen LogP contribution in [-0.4, -0.2) is 30.3 Å². The highest BCUT2D eigenvalue weighted by Crippen LogP contribution is 2.43. The summed E-state index contributed by atoms with van der Waals surface area (Å²) in [4.78, 5) is 12.0. The molecule has 1 amide bonds. The van der Waals surface area contributed by atoms with Gasteiger partial charge in [-0.15, -0.1) is 0 Å². The van der Waals surface area contributed by atoms with E-state index in [1.165, 1.54) is 25.7 Å². The van der Waals surface area contributed by atoms with Gasteiger partial charge in [0.05, 0.1) is 0 Å². The number of alkyl carbamates (subject to hydrolysis) is 1. The lowest BCUT2D eigenvalue weighted by Crippen LogP contribution is -2.53. The van der Waals surface area contributed by atoms with E-state index in [-0.39, 0.29) is 11.6 Å². The Morgan fingerprint density at radius 1 is 1.22 bits per heavy atom. The standard InChI is InChI=1S/C19H32N2O2/c1-18(2,3)23-17(22)20-13-19(8-4-5-9-19)21-12-16-11-14-6-7-15(16)10-14/h6-7,14-16,21H,4-5,8-13H2,1-3H3,(H,20,22). The molecule has 0 radical (unpaired) electrons. The second-order valence-corrected chi connectivity index (χ2v) is 8.76. The zero-order valence-corrected chi connectivity index (χ0v) is 14.9. The maximum Gasteiger partial charge on any atom is 0.407 e. The summed E-state index contributed by atoms with van der Waals surface area (Å²) in [7, 11) is 0. The van der Waals surface area contributed by atoms with Crippen molar-refractivity contribution in [2.24, 2.45) is 17.8 Å². The Labute approximate surface area is 140 Å². The van der Waals surface area contributed by atoms with E-state index in [1.807, 2.05) is 20.8 Å². The predicted octanol–water partition coefficient (Wildman–Crippen LogP) is 3.63. The van der Waals surface area contributed by atoms with Crippen LogP contribution in [0.4, 0.5) is 4.79 Å². The fraction of sp³-hybridized carbons (Fsp3) is 0.842. The van der Waals surface area contributed by atoms with Gasteiger partial charge < -0.3 is 15.4 Å². The number of amides is 1. The molecule has 4 heteroatoms. The summed E-state index contributed by atoms with van der Waals surface area (Å²) in [5.74, 6) is 2.39. The quantitative estimate of drug-likeness (QED) is 0.761. The summed E-state index contributed by atoms with van der Waals surface area (Å²) >= 11 is 0. The molecule has 0 spiro atoms. The van der Waals surface area contributed by atoms with Crippen LogP contribution in [-0.2, 0) is 4.74 Å². The van der Waals surface area contributed by atoms with Crippen LogP contribution in [0.5, 0.6) is 0 Å². The molecule has 2 N–H and O–H groups in total. The highest BCUT2D eigenvalue weighted by atomic mass is 16.6. The summed E-state index contributed by atoms with van der Waals surface area (Å²) in [5.41, 5.74) is -0.363. The van der Waals surface area contributed by atoms with E-state index in [2.05, 4.69) is 22.8 Å². The Bertz CT molecular complexity index is 460. The van der Waals surface area contributed by atoms with Crippen LogP contribution in [0.3, 0.4) is 0 Å². The van der Waals surface area contributed by atoms with Gasteiger partial charge in [-0.25, -0.2) is 4.79 Å². The first-order valence-electron chi connectivity index (χ1n) is 9.25. The van der Waals surface area contributed by atoms with E-state index in [0.717, 1.165) is 37.1 Å². The molecule has 3 aliphatic carbocycles. The number of carbonyl (C=O) groups is 1. The lowest BCUT2D eigenvalue weighted by Gasteiger charge is -2.33. The molecular formula is C19H32N2O2. The zero-order valence-electron chi connectivity index (χ0n) is 14.9. The fourth-order valence-corrected chi connectivity index (χ4v) is 4.50. The third-order valence-electron chi connectivity index (χ3n) is 5.69. The third-order valence-corrected chi connectivity index (χ3v) is 5.69. The number of nitrogens with one attached hydrogen (secondary N) is 2. The van der Waals surface area contributed by atoms with Gasteiger partial charge in [0.2, 0.25) is 0 Å². The number of ether oxygens (including phenoxy) is 1. The molecule has 2 bridgehead atoms. The maximum absolute atomic E-state index is 12.0. The summed E-state index contributed by atoms with van der Waals surface area (Å²) in [6.07, 6.45) is 12.0. The first kappa shape index (κ1) is 16.8. The van der Waals surface area contributed by atoms with Crippen LogP contribution in [0.25, 0.3) is 0 Å². The first-order chi connectivity index (χ1) is 10.9. The van der Waals surface area contributed by atoms with Crippen LogP contribution in [0.2, 0.25) is 0 Å². The van der Waals surface area contributed by atoms with Crippen molar-refractivity contribution in [1.29, 1.82) is 0 Å². The Hall–Kier alpha value is -1.03. The van der Waals surface area contributed by atoms with E-state index in [0.29, 0.717) is 6.54 Å². The lowest BCUT2D eigenvalue weighted by atomic mass is 9.91. The van der Waals surface area contributed by atoms with E-state index >= 15 is 0 Å². The molecule has 0 aromatic rings. The second-order valence-electron chi connectivity index (χ2n) is 8.76. The minimum atomic E-state index is -0.435. The second kappa shape index (κ2) is 6.46. The SMILES string of the molecule is CC(C)(C)OC(=O)NCC1(NCC2CC3C=CC2C3)CCCC1. The van der Waals surface area contributed by atoms with Crippen LogP contribution in [0, 0.1) is 17.8 Å². The minimum Gasteiger partial charge on any atom is -0.444 e. The number of carbonyl (C=O) groups excluding carboxylic acids is 1. The highest BCUT2D eigenvalue weighted by molar-refractivity contribution is 5.67. The van der Waals surface area contributed by atoms with Gasteiger partial charge in [-0.3, -0.25) is 0 Å². The summed E-state index contributed by atoms with van der Waals surface area (Å²) in [6, 6.07) is 0. The zero-order chi connectivity index (χ0) is 16.5. The van der Waals surface area contributed by atoms with Gasteiger partial charge in [0, 0.05) is 12.1 Å². The van der Waals surface area contributed by atoms with Crippen molar-refractivity contribution >= 4 is 6.09 Å². The fourth-order valence-electron chi connectivity index (χ4n) is 4.50. The highest BCUT2D eigenvalue weighted by Gasteiger charge is 2.39. The third kappa shape index (κ3) is 4.28. The van der Waals surface area contributed by atoms with E-state index in [4.69, 9.17) is 4.74 Å². The van der Waals surface area contributed by atoms with Gasteiger partial charge in [0.15, 0.2) is 0 Å². The summed E-state index contributed by atoms with van der Waals surface area (Å²) in [6.45, 7) is 7.47. The molecule has 3 rings (SSSR count). The monoisotopic (exact) mass is 320 g/mol. The van der Waals surface area contributed by atoms with Gasteiger partial charge in [-0.05, 0) is 70.8 Å². The maximum atomic E-state index is 12.0. The van der Waals surface area contributed by atoms with Crippen molar-refractivity contribution in [2.45, 2.75) is 70.4 Å². The molecule has 130 valence electrons. The van der Waals surface area contributed by atoms with Crippen LogP contribution < -0.4 is 10.6 Å². The summed E-state index contributed by atoms with van der Waals surface area (Å²) < 4.78 is 5.37. The molecule has 2 saturated carbocycles. The molecule has 0 aliphatic heterocycles. The Balaban J connectivity index is 1.49. The van der Waals surface area contributed by atoms with Crippen molar-refractivity contribution in [3.05, 3.63) is 12.2 Å². The number of hydrogen-bond acceptors (Lipinski definition) is 3. The summed E-state index contributed by atoms with van der Waals surface area (Å²) in [5, 5.41) is 6.83. The Kier molecular flexibility index (Phi) is 4.73. The predicted molar refractivity (Wildman–Crippen MR) is 92.3 cm³/mol. The van der Waals surface area contributed by atoms with Crippen LogP contribution in [0.15, 0.2) is 12.2 Å². The largest absolute Gasteiger partial charge is 0.444 e. The molecule has 3 aliphatic rings. The average Bonchev–Trinajstić information content (AvgIpc) is 3.18. The van der Waals surface area contributed by atoms with Crippen molar-refractivity contribution < 1.29 is 9.53 Å². The van der Waals surface area contributed by atoms with E-state index < -0.39 is 5.60 Å². The van der Waals surface area contributed by atoms with Crippen LogP contribution >= 0.6 is 0 Å². The van der Waals surface area contributed by atoms with Gasteiger partial charge in [0.1, 0.15) is 5.60 Å². The molecule has 4 nitrogen and oxygen atoms in total. The van der Waals surface area contributed by atoms with Crippen LogP contribution in [0.1, 0.15) is 59.3 Å². The van der Waals surface area contributed by atoms with Crippen molar-refractivity contribution in [3.8, 4) is 0 Å². The number of allylic oxidation sites excluding steroid dienone is 2. The molecule has 2 fully saturated rings. The first-order valence-corrected chi connectivity index (χ1v) is 9.25. The average molecular weight is 320 g/mol. The topological polar surface area (TPSA) is 50.4 Å².